The van der Waals surface area contributed by atoms with E-state index in [1.165, 1.54) is 12.1 Å². The third kappa shape index (κ3) is 4.49. The standard InChI is InChI=1S/C16H17FN2O2/c1-12-4-2-3-5-15(12)20-10-11-21-19-16(18)13-6-8-14(17)9-7-13/h2-9H,10-11H2,1H3,(H2,18,19). The van der Waals surface area contributed by atoms with E-state index in [1.54, 1.807) is 12.1 Å². The Bertz CT molecular complexity index is 612. The fourth-order valence-corrected chi connectivity index (χ4v) is 1.70. The lowest BCUT2D eigenvalue weighted by Crippen LogP contribution is -2.15. The van der Waals surface area contributed by atoms with Crippen LogP contribution < -0.4 is 10.5 Å². The van der Waals surface area contributed by atoms with Crippen LogP contribution in [0.15, 0.2) is 53.7 Å². The van der Waals surface area contributed by atoms with Crippen molar-refractivity contribution < 1.29 is 14.0 Å². The zero-order valence-corrected chi connectivity index (χ0v) is 11.8. The van der Waals surface area contributed by atoms with Crippen molar-refractivity contribution in [2.75, 3.05) is 13.2 Å². The number of nitrogens with two attached hydrogens (primary N) is 1. The monoisotopic (exact) mass is 288 g/mol. The highest BCUT2D eigenvalue weighted by Crippen LogP contribution is 2.15. The van der Waals surface area contributed by atoms with E-state index in [0.717, 1.165) is 11.3 Å². The van der Waals surface area contributed by atoms with E-state index in [4.69, 9.17) is 15.3 Å². The molecule has 0 aliphatic heterocycles. The highest BCUT2D eigenvalue weighted by Gasteiger charge is 2.00. The van der Waals surface area contributed by atoms with Gasteiger partial charge in [-0.1, -0.05) is 23.4 Å². The van der Waals surface area contributed by atoms with E-state index in [0.29, 0.717) is 12.2 Å². The molecule has 0 atom stereocenters. The molecule has 5 heteroatoms. The minimum atomic E-state index is -0.320. The molecule has 0 radical (unpaired) electrons. The molecular weight excluding hydrogens is 271 g/mol. The quantitative estimate of drug-likeness (QED) is 0.385. The number of ether oxygens (including phenoxy) is 1. The number of oxime groups is 1. The molecule has 0 aromatic heterocycles. The average Bonchev–Trinajstić information content (AvgIpc) is 2.49. The van der Waals surface area contributed by atoms with Crippen molar-refractivity contribution in [3.63, 3.8) is 0 Å². The Morgan fingerprint density at radius 3 is 2.52 bits per heavy atom. The normalized spacial score (nSPS) is 11.2. The second-order valence-corrected chi connectivity index (χ2v) is 4.43. The summed E-state index contributed by atoms with van der Waals surface area (Å²) < 4.78 is 18.3. The Morgan fingerprint density at radius 1 is 1.10 bits per heavy atom. The zero-order chi connectivity index (χ0) is 15.1. The van der Waals surface area contributed by atoms with Gasteiger partial charge in [-0.2, -0.15) is 0 Å². The molecule has 2 aromatic carbocycles. The molecule has 2 aromatic rings. The molecule has 0 spiro atoms. The van der Waals surface area contributed by atoms with E-state index in [2.05, 4.69) is 5.16 Å². The third-order valence-electron chi connectivity index (χ3n) is 2.83. The smallest absolute Gasteiger partial charge is 0.170 e. The van der Waals surface area contributed by atoms with E-state index < -0.39 is 0 Å². The van der Waals surface area contributed by atoms with Gasteiger partial charge in [0.2, 0.25) is 0 Å². The van der Waals surface area contributed by atoms with E-state index >= 15 is 0 Å². The van der Waals surface area contributed by atoms with Crippen LogP contribution in [0.5, 0.6) is 5.75 Å². The number of aryl methyl sites for hydroxylation is 1. The Labute approximate surface area is 123 Å². The number of rotatable bonds is 6. The highest BCUT2D eigenvalue weighted by atomic mass is 19.1. The van der Waals surface area contributed by atoms with Gasteiger partial charge in [-0.25, -0.2) is 4.39 Å². The van der Waals surface area contributed by atoms with Gasteiger partial charge in [-0.15, -0.1) is 0 Å². The van der Waals surface area contributed by atoms with Crippen molar-refractivity contribution in [1.29, 1.82) is 0 Å². The van der Waals surface area contributed by atoms with Gasteiger partial charge in [0.15, 0.2) is 12.4 Å². The first-order valence-electron chi connectivity index (χ1n) is 6.56. The summed E-state index contributed by atoms with van der Waals surface area (Å²) in [4.78, 5) is 5.09. The van der Waals surface area contributed by atoms with Crippen LogP contribution in [0.3, 0.4) is 0 Å². The number of para-hydroxylation sites is 1. The van der Waals surface area contributed by atoms with E-state index in [1.807, 2.05) is 31.2 Å². The average molecular weight is 288 g/mol. The van der Waals surface area contributed by atoms with Crippen molar-refractivity contribution >= 4 is 5.84 Å². The Balaban J connectivity index is 1.77. The summed E-state index contributed by atoms with van der Waals surface area (Å²) in [5.41, 5.74) is 7.39. The van der Waals surface area contributed by atoms with Crippen LogP contribution in [0.2, 0.25) is 0 Å². The van der Waals surface area contributed by atoms with Gasteiger partial charge in [0.25, 0.3) is 0 Å². The molecule has 0 amide bonds. The highest BCUT2D eigenvalue weighted by molar-refractivity contribution is 5.96. The lowest BCUT2D eigenvalue weighted by atomic mass is 10.2. The second kappa shape index (κ2) is 7.28. The minimum absolute atomic E-state index is 0.200. The first-order valence-corrected chi connectivity index (χ1v) is 6.56. The summed E-state index contributed by atoms with van der Waals surface area (Å²) in [6.07, 6.45) is 0. The van der Waals surface area contributed by atoms with Gasteiger partial charge in [-0.05, 0) is 42.8 Å². The van der Waals surface area contributed by atoms with Gasteiger partial charge >= 0.3 is 0 Å². The number of hydrogen-bond donors (Lipinski definition) is 1. The van der Waals surface area contributed by atoms with Crippen molar-refractivity contribution in [3.8, 4) is 5.75 Å². The molecule has 0 saturated carbocycles. The fraction of sp³-hybridized carbons (Fsp3) is 0.188. The van der Waals surface area contributed by atoms with Crippen LogP contribution in [0, 0.1) is 12.7 Å². The van der Waals surface area contributed by atoms with Crippen LogP contribution >= 0.6 is 0 Å². The summed E-state index contributed by atoms with van der Waals surface area (Å²) in [6.45, 7) is 2.61. The number of amidine groups is 1. The van der Waals surface area contributed by atoms with Crippen molar-refractivity contribution in [1.82, 2.24) is 0 Å². The molecule has 4 nitrogen and oxygen atoms in total. The largest absolute Gasteiger partial charge is 0.490 e. The van der Waals surface area contributed by atoms with Gasteiger partial charge in [0.05, 0.1) is 0 Å². The lowest BCUT2D eigenvalue weighted by molar-refractivity contribution is 0.107. The molecule has 0 aliphatic carbocycles. The summed E-state index contributed by atoms with van der Waals surface area (Å²) in [5.74, 6) is 0.696. The first kappa shape index (κ1) is 14.8. The molecule has 0 unspecified atom stereocenters. The SMILES string of the molecule is Cc1ccccc1OCCO/N=C(\N)c1ccc(F)cc1. The van der Waals surface area contributed by atoms with Crippen molar-refractivity contribution in [3.05, 3.63) is 65.5 Å². The summed E-state index contributed by atoms with van der Waals surface area (Å²) in [6, 6.07) is 13.5. The van der Waals surface area contributed by atoms with Gasteiger partial charge in [-0.3, -0.25) is 0 Å². The number of benzene rings is 2. The van der Waals surface area contributed by atoms with Gasteiger partial charge in [0, 0.05) is 5.56 Å². The predicted molar refractivity (Wildman–Crippen MR) is 79.8 cm³/mol. The molecule has 21 heavy (non-hydrogen) atoms. The summed E-state index contributed by atoms with van der Waals surface area (Å²) >= 11 is 0. The first-order chi connectivity index (χ1) is 10.2. The van der Waals surface area contributed by atoms with Crippen LogP contribution in [-0.2, 0) is 4.84 Å². The van der Waals surface area contributed by atoms with Crippen LogP contribution in [0.4, 0.5) is 4.39 Å². The van der Waals surface area contributed by atoms with Crippen LogP contribution in [0.1, 0.15) is 11.1 Å². The summed E-state index contributed by atoms with van der Waals surface area (Å²) in [7, 11) is 0. The third-order valence-corrected chi connectivity index (χ3v) is 2.83. The number of hydrogen-bond acceptors (Lipinski definition) is 3. The molecule has 0 saturated heterocycles. The fourth-order valence-electron chi connectivity index (χ4n) is 1.70. The van der Waals surface area contributed by atoms with Crippen LogP contribution in [-0.4, -0.2) is 19.0 Å². The number of nitrogens with zero attached hydrogens (tertiary/aromatic N) is 1. The molecule has 110 valence electrons. The minimum Gasteiger partial charge on any atom is -0.490 e. The maximum Gasteiger partial charge on any atom is 0.170 e. The Kier molecular flexibility index (Phi) is 5.15. The number of halogens is 1. The molecule has 2 N–H and O–H groups in total. The molecule has 0 fully saturated rings. The van der Waals surface area contributed by atoms with E-state index in [-0.39, 0.29) is 18.3 Å². The molecule has 0 aliphatic rings. The maximum atomic E-state index is 12.8. The van der Waals surface area contributed by atoms with Crippen molar-refractivity contribution in [2.24, 2.45) is 10.9 Å². The van der Waals surface area contributed by atoms with Crippen LogP contribution in [0.25, 0.3) is 0 Å². The second-order valence-electron chi connectivity index (χ2n) is 4.43. The topological polar surface area (TPSA) is 56.8 Å². The summed E-state index contributed by atoms with van der Waals surface area (Å²) in [5, 5.41) is 3.77. The molecular formula is C16H17FN2O2. The molecule has 0 bridgehead atoms. The Hall–Kier alpha value is -2.56. The van der Waals surface area contributed by atoms with Gasteiger partial charge < -0.3 is 15.3 Å². The zero-order valence-electron chi connectivity index (χ0n) is 11.8. The van der Waals surface area contributed by atoms with Crippen molar-refractivity contribution in [2.45, 2.75) is 6.92 Å². The van der Waals surface area contributed by atoms with Gasteiger partial charge in [0.1, 0.15) is 18.2 Å². The lowest BCUT2D eigenvalue weighted by Gasteiger charge is -2.08. The molecule has 0 heterocycles. The molecule has 2 rings (SSSR count). The van der Waals surface area contributed by atoms with E-state index in [9.17, 15) is 4.39 Å². The Morgan fingerprint density at radius 2 is 1.81 bits per heavy atom. The predicted octanol–water partition coefficient (Wildman–Crippen LogP) is 2.85. The maximum absolute atomic E-state index is 12.8.